The highest BCUT2D eigenvalue weighted by Crippen LogP contribution is 2.58. The van der Waals surface area contributed by atoms with Crippen LogP contribution >= 0.6 is 0 Å². The van der Waals surface area contributed by atoms with Crippen molar-refractivity contribution in [3.8, 4) is 0 Å². The summed E-state index contributed by atoms with van der Waals surface area (Å²) in [6.07, 6.45) is 1.61. The van der Waals surface area contributed by atoms with Gasteiger partial charge in [-0.15, -0.1) is 0 Å². The molecule has 0 aromatic carbocycles. The lowest BCUT2D eigenvalue weighted by atomic mass is 9.74. The lowest BCUT2D eigenvalue weighted by Gasteiger charge is -2.41. The first-order valence-electron chi connectivity index (χ1n) is 14.6. The Hall–Kier alpha value is -2.43. The topological polar surface area (TPSA) is 178 Å². The van der Waals surface area contributed by atoms with E-state index in [4.69, 9.17) is 28.2 Å². The van der Waals surface area contributed by atoms with Gasteiger partial charge in [0, 0.05) is 5.92 Å². The number of rotatable bonds is 11. The van der Waals surface area contributed by atoms with E-state index in [-0.39, 0.29) is 0 Å². The summed E-state index contributed by atoms with van der Waals surface area (Å²) in [5, 5.41) is -4.76. The number of halogens is 2. The molecule has 6 aliphatic rings. The second-order valence-corrected chi connectivity index (χ2v) is 14.1. The summed E-state index contributed by atoms with van der Waals surface area (Å²) in [6.45, 7) is -1.31. The molecule has 0 aromatic heterocycles. The summed E-state index contributed by atoms with van der Waals surface area (Å²) >= 11 is 0. The molecule has 10 unspecified atom stereocenters. The SMILES string of the molecule is CC(OC(=O)COCC(=O)OC1C2OC(=O)C3C2OC1C3C(=O)OC1(C2CC3CCC2C3)CCCC1)C(F)(F)S(=O)(=O)O. The van der Waals surface area contributed by atoms with E-state index in [9.17, 15) is 36.4 Å². The smallest absolute Gasteiger partial charge is 0.405 e. The molecule has 3 aliphatic heterocycles. The minimum absolute atomic E-state index is 0.292. The van der Waals surface area contributed by atoms with Crippen LogP contribution in [0, 0.1) is 29.6 Å². The molecular formula is C27H34F2O13S. The zero-order valence-electron chi connectivity index (χ0n) is 23.4. The van der Waals surface area contributed by atoms with E-state index in [0.717, 1.165) is 44.9 Å². The van der Waals surface area contributed by atoms with Crippen LogP contribution in [0.5, 0.6) is 0 Å². The van der Waals surface area contributed by atoms with E-state index in [1.807, 2.05) is 0 Å². The van der Waals surface area contributed by atoms with Crippen LogP contribution in [0.3, 0.4) is 0 Å². The van der Waals surface area contributed by atoms with Crippen molar-refractivity contribution in [2.75, 3.05) is 13.2 Å². The number of fused-ring (bicyclic) bond motifs is 3. The largest absolute Gasteiger partial charge is 0.458 e. The van der Waals surface area contributed by atoms with Crippen LogP contribution in [0.1, 0.15) is 58.3 Å². The molecule has 43 heavy (non-hydrogen) atoms. The first-order valence-corrected chi connectivity index (χ1v) is 16.1. The van der Waals surface area contributed by atoms with Gasteiger partial charge in [0.15, 0.2) is 18.3 Å². The highest BCUT2D eigenvalue weighted by molar-refractivity contribution is 7.86. The van der Waals surface area contributed by atoms with Gasteiger partial charge in [0.2, 0.25) is 0 Å². The molecular weight excluding hydrogens is 602 g/mol. The molecule has 3 aliphatic carbocycles. The third-order valence-corrected chi connectivity index (χ3v) is 11.2. The predicted octanol–water partition coefficient (Wildman–Crippen LogP) is 1.56. The molecule has 13 nitrogen and oxygen atoms in total. The van der Waals surface area contributed by atoms with Crippen molar-refractivity contribution in [1.29, 1.82) is 0 Å². The number of carbonyl (C=O) groups excluding carboxylic acids is 4. The second-order valence-electron chi connectivity index (χ2n) is 12.6. The molecule has 0 amide bonds. The number of ether oxygens (including phenoxy) is 6. The first-order chi connectivity index (χ1) is 20.2. The Kier molecular flexibility index (Phi) is 7.74. The minimum Gasteiger partial charge on any atom is -0.458 e. The summed E-state index contributed by atoms with van der Waals surface area (Å²) in [5.74, 6) is -4.05. The van der Waals surface area contributed by atoms with Crippen LogP contribution in [0.25, 0.3) is 0 Å². The maximum Gasteiger partial charge on any atom is 0.405 e. The van der Waals surface area contributed by atoms with E-state index in [0.29, 0.717) is 24.7 Å². The lowest BCUT2D eigenvalue weighted by Crippen LogP contribution is -2.51. The van der Waals surface area contributed by atoms with Crippen LogP contribution in [0.2, 0.25) is 0 Å². The molecule has 1 N–H and O–H groups in total. The Morgan fingerprint density at radius 2 is 1.77 bits per heavy atom. The number of hydrogen-bond donors (Lipinski definition) is 1. The zero-order chi connectivity index (χ0) is 30.9. The molecule has 3 saturated heterocycles. The Bertz CT molecular complexity index is 1280. The van der Waals surface area contributed by atoms with Crippen molar-refractivity contribution >= 4 is 34.0 Å². The molecule has 0 aromatic rings. The average Bonchev–Trinajstić information content (AvgIpc) is 3.76. The second kappa shape index (κ2) is 10.9. The number of esters is 4. The number of hydrogen-bond acceptors (Lipinski definition) is 12. The lowest BCUT2D eigenvalue weighted by molar-refractivity contribution is -0.182. The molecule has 4 bridgehead atoms. The Morgan fingerprint density at radius 1 is 1.07 bits per heavy atom. The standard InChI is InChI=1S/C27H34F2O13S/c1-12(27(28,29)43(34,35)36)38-16(30)10-37-11-17(31)39-22-21-19(18-20(40-21)23(22)41-24(18)32)25(33)42-26(6-2-3-7-26)15-9-13-4-5-14(15)8-13/h12-15,18-23H,2-11H2,1H3,(H,34,35,36). The molecule has 16 heteroatoms. The van der Waals surface area contributed by atoms with Gasteiger partial charge in [0.1, 0.15) is 42.9 Å². The van der Waals surface area contributed by atoms with Crippen molar-refractivity contribution in [3.63, 3.8) is 0 Å². The highest BCUT2D eigenvalue weighted by atomic mass is 32.2. The fraction of sp³-hybridized carbons (Fsp3) is 0.852. The average molecular weight is 637 g/mol. The fourth-order valence-electron chi connectivity index (χ4n) is 8.33. The van der Waals surface area contributed by atoms with Gasteiger partial charge in [-0.2, -0.15) is 17.2 Å². The first kappa shape index (κ1) is 30.6. The summed E-state index contributed by atoms with van der Waals surface area (Å²) in [5.41, 5.74) is -0.571. The molecule has 0 spiro atoms. The molecule has 3 heterocycles. The van der Waals surface area contributed by atoms with Crippen molar-refractivity contribution in [2.45, 2.75) is 99.7 Å². The summed E-state index contributed by atoms with van der Waals surface area (Å²) < 4.78 is 89.5. The molecule has 0 radical (unpaired) electrons. The van der Waals surface area contributed by atoms with Crippen LogP contribution in [-0.4, -0.2) is 91.4 Å². The fourth-order valence-corrected chi connectivity index (χ4v) is 8.80. The molecule has 240 valence electrons. The zero-order valence-corrected chi connectivity index (χ0v) is 24.2. The molecule has 6 fully saturated rings. The summed E-state index contributed by atoms with van der Waals surface area (Å²) in [4.78, 5) is 50.8. The Labute approximate surface area is 245 Å². The third-order valence-electron chi connectivity index (χ3n) is 10.2. The van der Waals surface area contributed by atoms with E-state index < -0.39 is 100 Å². The Morgan fingerprint density at radius 3 is 2.40 bits per heavy atom. The van der Waals surface area contributed by atoms with Crippen LogP contribution in [-0.2, 0) is 57.7 Å². The normalized spacial score (nSPS) is 37.8. The van der Waals surface area contributed by atoms with Gasteiger partial charge in [-0.05, 0) is 63.7 Å². The van der Waals surface area contributed by atoms with Gasteiger partial charge >= 0.3 is 39.2 Å². The third kappa shape index (κ3) is 5.21. The van der Waals surface area contributed by atoms with E-state index >= 15 is 0 Å². The minimum atomic E-state index is -5.84. The molecule has 3 saturated carbocycles. The van der Waals surface area contributed by atoms with Crippen molar-refractivity contribution in [1.82, 2.24) is 0 Å². The van der Waals surface area contributed by atoms with Crippen LogP contribution in [0.15, 0.2) is 0 Å². The molecule has 10 atom stereocenters. The van der Waals surface area contributed by atoms with Gasteiger partial charge in [-0.3, -0.25) is 14.1 Å². The van der Waals surface area contributed by atoms with E-state index in [1.54, 1.807) is 0 Å². The van der Waals surface area contributed by atoms with Crippen molar-refractivity contribution < 1.29 is 69.4 Å². The summed E-state index contributed by atoms with van der Waals surface area (Å²) in [6, 6.07) is 0. The predicted molar refractivity (Wildman–Crippen MR) is 134 cm³/mol. The number of alkyl halides is 2. The highest BCUT2D eigenvalue weighted by Gasteiger charge is 2.72. The molecule has 6 rings (SSSR count). The van der Waals surface area contributed by atoms with Gasteiger partial charge < -0.3 is 28.4 Å². The van der Waals surface area contributed by atoms with E-state index in [2.05, 4.69) is 4.74 Å². The van der Waals surface area contributed by atoms with Gasteiger partial charge in [-0.1, -0.05) is 6.42 Å². The summed E-state index contributed by atoms with van der Waals surface area (Å²) in [7, 11) is -5.84. The quantitative estimate of drug-likeness (QED) is 0.196. The maximum absolute atomic E-state index is 13.8. The van der Waals surface area contributed by atoms with Gasteiger partial charge in [0.05, 0.1) is 0 Å². The monoisotopic (exact) mass is 636 g/mol. The van der Waals surface area contributed by atoms with E-state index in [1.165, 1.54) is 6.42 Å². The van der Waals surface area contributed by atoms with Gasteiger partial charge in [-0.25, -0.2) is 9.59 Å². The van der Waals surface area contributed by atoms with Crippen molar-refractivity contribution in [2.24, 2.45) is 29.6 Å². The Balaban J connectivity index is 1.05. The number of carbonyl (C=O) groups is 4. The van der Waals surface area contributed by atoms with Crippen LogP contribution < -0.4 is 0 Å². The van der Waals surface area contributed by atoms with Crippen LogP contribution in [0.4, 0.5) is 8.78 Å². The maximum atomic E-state index is 13.8. The van der Waals surface area contributed by atoms with Gasteiger partial charge in [0.25, 0.3) is 0 Å². The van der Waals surface area contributed by atoms with Crippen molar-refractivity contribution in [3.05, 3.63) is 0 Å².